The van der Waals surface area contributed by atoms with E-state index in [9.17, 15) is 28.1 Å². The number of nitrogens with one attached hydrogen (secondary N) is 1. The highest BCUT2D eigenvalue weighted by atomic mass is 32.2. The maximum absolute atomic E-state index is 12.9. The standard InChI is InChI=1S/C19H27N3O7S/c1-13(2)29-18(23)11-16(15-8-4-5-9-17(15)22(25)26)20-19(24)14-7-6-10-21(12-14)30(3,27)28/h4-5,8-9,13-14,16H,6-7,10-12H2,1-3H3,(H,20,24). The zero-order valence-corrected chi connectivity index (χ0v) is 18.1. The van der Waals surface area contributed by atoms with Crippen LogP contribution < -0.4 is 5.32 Å². The van der Waals surface area contributed by atoms with Crippen LogP contribution in [0.25, 0.3) is 0 Å². The van der Waals surface area contributed by atoms with Crippen molar-refractivity contribution in [3.8, 4) is 0 Å². The molecular weight excluding hydrogens is 414 g/mol. The third-order valence-corrected chi connectivity index (χ3v) is 6.06. The molecule has 2 atom stereocenters. The summed E-state index contributed by atoms with van der Waals surface area (Å²) in [6, 6.07) is 4.89. The van der Waals surface area contributed by atoms with Crippen LogP contribution in [0.1, 0.15) is 44.7 Å². The van der Waals surface area contributed by atoms with E-state index < -0.39 is 38.8 Å². The van der Waals surface area contributed by atoms with Gasteiger partial charge < -0.3 is 10.1 Å². The lowest BCUT2D eigenvalue weighted by atomic mass is 9.96. The van der Waals surface area contributed by atoms with Gasteiger partial charge in [-0.15, -0.1) is 0 Å². The van der Waals surface area contributed by atoms with Crippen LogP contribution in [0.4, 0.5) is 5.69 Å². The van der Waals surface area contributed by atoms with Crippen molar-refractivity contribution in [1.82, 2.24) is 9.62 Å². The lowest BCUT2D eigenvalue weighted by molar-refractivity contribution is -0.385. The van der Waals surface area contributed by atoms with Crippen molar-refractivity contribution < 1.29 is 27.7 Å². The van der Waals surface area contributed by atoms with Gasteiger partial charge in [0.15, 0.2) is 0 Å². The topological polar surface area (TPSA) is 136 Å². The van der Waals surface area contributed by atoms with E-state index in [2.05, 4.69) is 5.32 Å². The molecule has 1 aliphatic rings. The van der Waals surface area contributed by atoms with E-state index in [0.717, 1.165) is 6.26 Å². The molecule has 1 saturated heterocycles. The monoisotopic (exact) mass is 441 g/mol. The van der Waals surface area contributed by atoms with Gasteiger partial charge in [0.2, 0.25) is 15.9 Å². The SMILES string of the molecule is CC(C)OC(=O)CC(NC(=O)C1CCCN(S(C)(=O)=O)C1)c1ccccc1[N+](=O)[O-]. The van der Waals surface area contributed by atoms with Crippen molar-refractivity contribution in [3.63, 3.8) is 0 Å². The van der Waals surface area contributed by atoms with Crippen molar-refractivity contribution in [2.75, 3.05) is 19.3 Å². The minimum atomic E-state index is -3.43. The number of sulfonamides is 1. The predicted octanol–water partition coefficient (Wildman–Crippen LogP) is 1.77. The first kappa shape index (κ1) is 23.7. The maximum Gasteiger partial charge on any atom is 0.308 e. The van der Waals surface area contributed by atoms with Gasteiger partial charge in [-0.05, 0) is 26.7 Å². The van der Waals surface area contributed by atoms with Crippen LogP contribution >= 0.6 is 0 Å². The molecule has 2 rings (SSSR count). The molecule has 10 nitrogen and oxygen atoms in total. The molecule has 11 heteroatoms. The summed E-state index contributed by atoms with van der Waals surface area (Å²) in [6.45, 7) is 3.73. The van der Waals surface area contributed by atoms with Crippen LogP contribution in [0.2, 0.25) is 0 Å². The van der Waals surface area contributed by atoms with Crippen molar-refractivity contribution >= 4 is 27.6 Å². The zero-order chi connectivity index (χ0) is 22.5. The molecule has 0 aliphatic carbocycles. The highest BCUT2D eigenvalue weighted by molar-refractivity contribution is 7.88. The number of piperidine rings is 1. The number of nitrogens with zero attached hydrogens (tertiary/aromatic N) is 2. The molecular formula is C19H27N3O7S. The lowest BCUT2D eigenvalue weighted by Gasteiger charge is -2.31. The highest BCUT2D eigenvalue weighted by Gasteiger charge is 2.33. The number of nitro benzene ring substituents is 1. The van der Waals surface area contributed by atoms with E-state index in [4.69, 9.17) is 4.74 Å². The van der Waals surface area contributed by atoms with E-state index in [1.54, 1.807) is 19.9 Å². The molecule has 1 aromatic carbocycles. The van der Waals surface area contributed by atoms with Crippen molar-refractivity contribution in [3.05, 3.63) is 39.9 Å². The Hall–Kier alpha value is -2.53. The first-order valence-corrected chi connectivity index (χ1v) is 11.5. The van der Waals surface area contributed by atoms with Gasteiger partial charge in [0, 0.05) is 19.2 Å². The number of carbonyl (C=O) groups excluding carboxylic acids is 2. The van der Waals surface area contributed by atoms with E-state index >= 15 is 0 Å². The lowest BCUT2D eigenvalue weighted by Crippen LogP contribution is -2.46. The third-order valence-electron chi connectivity index (χ3n) is 4.79. The first-order valence-electron chi connectivity index (χ1n) is 9.67. The molecule has 1 aromatic rings. The number of hydrogen-bond donors (Lipinski definition) is 1. The van der Waals surface area contributed by atoms with Gasteiger partial charge >= 0.3 is 5.97 Å². The molecule has 0 spiro atoms. The summed E-state index contributed by atoms with van der Waals surface area (Å²) in [7, 11) is -3.43. The Morgan fingerprint density at radius 3 is 2.60 bits per heavy atom. The van der Waals surface area contributed by atoms with Gasteiger partial charge in [-0.2, -0.15) is 0 Å². The predicted molar refractivity (Wildman–Crippen MR) is 109 cm³/mol. The van der Waals surface area contributed by atoms with Crippen LogP contribution in [0.5, 0.6) is 0 Å². The van der Waals surface area contributed by atoms with Gasteiger partial charge in [-0.25, -0.2) is 12.7 Å². The molecule has 0 bridgehead atoms. The number of amides is 1. The molecule has 1 fully saturated rings. The summed E-state index contributed by atoms with van der Waals surface area (Å²) in [5.41, 5.74) is -0.0334. The van der Waals surface area contributed by atoms with Gasteiger partial charge in [0.1, 0.15) is 0 Å². The van der Waals surface area contributed by atoms with E-state index in [0.29, 0.717) is 19.4 Å². The maximum atomic E-state index is 12.9. The minimum Gasteiger partial charge on any atom is -0.463 e. The van der Waals surface area contributed by atoms with Gasteiger partial charge in [0.05, 0.1) is 41.2 Å². The van der Waals surface area contributed by atoms with Crippen LogP contribution in [0, 0.1) is 16.0 Å². The van der Waals surface area contributed by atoms with Crippen molar-refractivity contribution in [2.45, 2.75) is 45.3 Å². The summed E-state index contributed by atoms with van der Waals surface area (Å²) in [5.74, 6) is -1.67. The number of hydrogen-bond acceptors (Lipinski definition) is 7. The fourth-order valence-electron chi connectivity index (χ4n) is 3.41. The quantitative estimate of drug-likeness (QED) is 0.369. The summed E-state index contributed by atoms with van der Waals surface area (Å²) in [4.78, 5) is 36.0. The number of nitro groups is 1. The molecule has 0 aromatic heterocycles. The molecule has 1 aliphatic heterocycles. The second kappa shape index (κ2) is 9.98. The fourth-order valence-corrected chi connectivity index (χ4v) is 4.32. The first-order chi connectivity index (χ1) is 14.0. The van der Waals surface area contributed by atoms with E-state index in [1.165, 1.54) is 22.5 Å². The number of para-hydroxylation sites is 1. The third kappa shape index (κ3) is 6.49. The summed E-state index contributed by atoms with van der Waals surface area (Å²) in [5, 5.41) is 14.1. The Morgan fingerprint density at radius 1 is 1.33 bits per heavy atom. The largest absolute Gasteiger partial charge is 0.463 e. The number of esters is 1. The average molecular weight is 442 g/mol. The van der Waals surface area contributed by atoms with Crippen molar-refractivity contribution in [1.29, 1.82) is 0 Å². The highest BCUT2D eigenvalue weighted by Crippen LogP contribution is 2.29. The van der Waals surface area contributed by atoms with Crippen LogP contribution in [0.3, 0.4) is 0 Å². The molecule has 0 radical (unpaired) electrons. The second-order valence-electron chi connectivity index (χ2n) is 7.58. The van der Waals surface area contributed by atoms with Gasteiger partial charge in [-0.1, -0.05) is 18.2 Å². The molecule has 0 saturated carbocycles. The number of ether oxygens (including phenoxy) is 1. The Morgan fingerprint density at radius 2 is 2.00 bits per heavy atom. The van der Waals surface area contributed by atoms with Crippen LogP contribution in [-0.4, -0.2) is 55.0 Å². The summed E-state index contributed by atoms with van der Waals surface area (Å²) in [6.07, 6.45) is 1.44. The minimum absolute atomic E-state index is 0.0325. The number of carbonyl (C=O) groups is 2. The van der Waals surface area contributed by atoms with Gasteiger partial charge in [-0.3, -0.25) is 19.7 Å². The Bertz CT molecular complexity index is 901. The zero-order valence-electron chi connectivity index (χ0n) is 17.2. The molecule has 2 unspecified atom stereocenters. The fraction of sp³-hybridized carbons (Fsp3) is 0.579. The number of rotatable bonds is 8. The summed E-state index contributed by atoms with van der Waals surface area (Å²) >= 11 is 0. The number of benzene rings is 1. The van der Waals surface area contributed by atoms with Gasteiger partial charge in [0.25, 0.3) is 5.69 Å². The normalized spacial score (nSPS) is 18.6. The van der Waals surface area contributed by atoms with Crippen LogP contribution in [0.15, 0.2) is 24.3 Å². The Kier molecular flexibility index (Phi) is 7.90. The molecule has 1 amide bonds. The van der Waals surface area contributed by atoms with E-state index in [1.807, 2.05) is 0 Å². The Labute approximate surface area is 175 Å². The Balaban J connectivity index is 2.26. The smallest absolute Gasteiger partial charge is 0.308 e. The van der Waals surface area contributed by atoms with Crippen molar-refractivity contribution in [2.24, 2.45) is 5.92 Å². The van der Waals surface area contributed by atoms with E-state index in [-0.39, 0.29) is 30.3 Å². The second-order valence-corrected chi connectivity index (χ2v) is 9.56. The summed E-state index contributed by atoms with van der Waals surface area (Å²) < 4.78 is 30.0. The molecule has 166 valence electrons. The van der Waals surface area contributed by atoms with Crippen LogP contribution in [-0.2, 0) is 24.3 Å². The molecule has 1 N–H and O–H groups in total. The average Bonchev–Trinajstić information content (AvgIpc) is 2.66. The molecule has 30 heavy (non-hydrogen) atoms. The molecule has 1 heterocycles.